The summed E-state index contributed by atoms with van der Waals surface area (Å²) >= 11 is 0. The first kappa shape index (κ1) is 28.9. The maximum atomic E-state index is 11.5. The van der Waals surface area contributed by atoms with Gasteiger partial charge in [0.2, 0.25) is 0 Å². The average molecular weight is 427 g/mol. The Morgan fingerprint density at radius 1 is 0.533 bits per heavy atom. The predicted molar refractivity (Wildman–Crippen MR) is 126 cm³/mol. The van der Waals surface area contributed by atoms with Gasteiger partial charge in [0.1, 0.15) is 0 Å². The SMILES string of the molecule is CCOC(=O)CCCCCCCCCCCCCCCC(CC)CCC(=O)OCC. The highest BCUT2D eigenvalue weighted by Crippen LogP contribution is 2.20. The Bertz CT molecular complexity index is 394. The second-order valence-corrected chi connectivity index (χ2v) is 8.56. The van der Waals surface area contributed by atoms with Gasteiger partial charge in [-0.3, -0.25) is 9.59 Å². The van der Waals surface area contributed by atoms with Crippen LogP contribution in [0.2, 0.25) is 0 Å². The Morgan fingerprint density at radius 2 is 0.933 bits per heavy atom. The van der Waals surface area contributed by atoms with Gasteiger partial charge in [-0.2, -0.15) is 0 Å². The second-order valence-electron chi connectivity index (χ2n) is 8.56. The Kier molecular flexibility index (Phi) is 21.8. The van der Waals surface area contributed by atoms with Crippen LogP contribution in [0, 0.1) is 5.92 Å². The molecule has 4 heteroatoms. The zero-order valence-corrected chi connectivity index (χ0v) is 20.4. The standard InChI is InChI=1S/C26H50O4/c1-4-24(22-23-26(28)30-6-3)20-18-16-14-12-10-8-7-9-11-13-15-17-19-21-25(27)29-5-2/h24H,4-23H2,1-3H3. The Labute approximate surface area is 186 Å². The van der Waals surface area contributed by atoms with E-state index < -0.39 is 0 Å². The van der Waals surface area contributed by atoms with Crippen molar-refractivity contribution in [1.82, 2.24) is 0 Å². The second kappa shape index (κ2) is 22.6. The van der Waals surface area contributed by atoms with Crippen molar-refractivity contribution < 1.29 is 19.1 Å². The first-order valence-corrected chi connectivity index (χ1v) is 12.9. The van der Waals surface area contributed by atoms with Crippen LogP contribution < -0.4 is 0 Å². The lowest BCUT2D eigenvalue weighted by Crippen LogP contribution is -2.07. The number of carbonyl (C=O) groups is 2. The van der Waals surface area contributed by atoms with E-state index in [4.69, 9.17) is 9.47 Å². The molecule has 0 bridgehead atoms. The van der Waals surface area contributed by atoms with Gasteiger partial charge < -0.3 is 9.47 Å². The third-order valence-electron chi connectivity index (χ3n) is 5.94. The molecular formula is C26H50O4. The number of ether oxygens (including phenoxy) is 2. The molecule has 178 valence electrons. The summed E-state index contributed by atoms with van der Waals surface area (Å²) in [5.74, 6) is 0.598. The number of hydrogen-bond donors (Lipinski definition) is 0. The fourth-order valence-corrected chi connectivity index (χ4v) is 3.99. The van der Waals surface area contributed by atoms with Gasteiger partial charge in [0.25, 0.3) is 0 Å². The highest BCUT2D eigenvalue weighted by molar-refractivity contribution is 5.69. The van der Waals surface area contributed by atoms with Crippen LogP contribution in [-0.2, 0) is 19.1 Å². The molecule has 0 saturated heterocycles. The van der Waals surface area contributed by atoms with Gasteiger partial charge in [0.15, 0.2) is 0 Å². The highest BCUT2D eigenvalue weighted by atomic mass is 16.5. The van der Waals surface area contributed by atoms with E-state index in [1.807, 2.05) is 13.8 Å². The third-order valence-corrected chi connectivity index (χ3v) is 5.94. The maximum absolute atomic E-state index is 11.5. The molecule has 30 heavy (non-hydrogen) atoms. The number of carbonyl (C=O) groups excluding carboxylic acids is 2. The molecule has 0 fully saturated rings. The van der Waals surface area contributed by atoms with Gasteiger partial charge in [0, 0.05) is 12.8 Å². The molecule has 0 spiro atoms. The normalized spacial score (nSPS) is 12.0. The van der Waals surface area contributed by atoms with Gasteiger partial charge in [-0.05, 0) is 32.6 Å². The minimum Gasteiger partial charge on any atom is -0.466 e. The van der Waals surface area contributed by atoms with Crippen molar-refractivity contribution in [3.63, 3.8) is 0 Å². The molecule has 0 aliphatic heterocycles. The smallest absolute Gasteiger partial charge is 0.305 e. The maximum Gasteiger partial charge on any atom is 0.305 e. The zero-order valence-electron chi connectivity index (χ0n) is 20.4. The molecule has 0 radical (unpaired) electrons. The topological polar surface area (TPSA) is 52.6 Å². The summed E-state index contributed by atoms with van der Waals surface area (Å²) in [7, 11) is 0. The highest BCUT2D eigenvalue weighted by Gasteiger charge is 2.10. The summed E-state index contributed by atoms with van der Waals surface area (Å²) in [6.07, 6.45) is 21.4. The molecule has 0 N–H and O–H groups in total. The van der Waals surface area contributed by atoms with E-state index in [0.29, 0.717) is 32.0 Å². The van der Waals surface area contributed by atoms with Crippen LogP contribution >= 0.6 is 0 Å². The zero-order chi connectivity index (χ0) is 22.3. The average Bonchev–Trinajstić information content (AvgIpc) is 2.73. The van der Waals surface area contributed by atoms with Crippen LogP contribution in [0.25, 0.3) is 0 Å². The first-order chi connectivity index (χ1) is 14.6. The van der Waals surface area contributed by atoms with Crippen molar-refractivity contribution >= 4 is 11.9 Å². The monoisotopic (exact) mass is 426 g/mol. The quantitative estimate of drug-likeness (QED) is 0.131. The van der Waals surface area contributed by atoms with E-state index in [2.05, 4.69) is 6.92 Å². The van der Waals surface area contributed by atoms with E-state index in [0.717, 1.165) is 19.3 Å². The number of esters is 2. The molecule has 4 nitrogen and oxygen atoms in total. The third kappa shape index (κ3) is 20.2. The van der Waals surface area contributed by atoms with Crippen LogP contribution in [0.1, 0.15) is 136 Å². The molecular weight excluding hydrogens is 376 g/mol. The summed E-state index contributed by atoms with van der Waals surface area (Å²) in [6.45, 7) is 6.95. The van der Waals surface area contributed by atoms with Gasteiger partial charge in [-0.15, -0.1) is 0 Å². The van der Waals surface area contributed by atoms with Gasteiger partial charge >= 0.3 is 11.9 Å². The molecule has 0 rings (SSSR count). The minimum atomic E-state index is -0.0447. The fourth-order valence-electron chi connectivity index (χ4n) is 3.99. The van der Waals surface area contributed by atoms with Crippen molar-refractivity contribution in [3.8, 4) is 0 Å². The molecule has 0 amide bonds. The van der Waals surface area contributed by atoms with Gasteiger partial charge in [-0.25, -0.2) is 0 Å². The minimum absolute atomic E-state index is 0.0371. The number of hydrogen-bond acceptors (Lipinski definition) is 4. The number of rotatable bonds is 22. The molecule has 1 unspecified atom stereocenters. The van der Waals surface area contributed by atoms with Gasteiger partial charge in [-0.1, -0.05) is 96.8 Å². The lowest BCUT2D eigenvalue weighted by atomic mass is 9.93. The van der Waals surface area contributed by atoms with Crippen LogP contribution in [0.5, 0.6) is 0 Å². The van der Waals surface area contributed by atoms with Crippen molar-refractivity contribution in [2.24, 2.45) is 5.92 Å². The Morgan fingerprint density at radius 3 is 1.37 bits per heavy atom. The Hall–Kier alpha value is -1.06. The summed E-state index contributed by atoms with van der Waals surface area (Å²) in [6, 6.07) is 0. The molecule has 0 aromatic rings. The van der Waals surface area contributed by atoms with Crippen molar-refractivity contribution in [3.05, 3.63) is 0 Å². The van der Waals surface area contributed by atoms with E-state index >= 15 is 0 Å². The summed E-state index contributed by atoms with van der Waals surface area (Å²) in [5.41, 5.74) is 0. The molecule has 0 aromatic carbocycles. The lowest BCUT2D eigenvalue weighted by molar-refractivity contribution is -0.144. The molecule has 0 saturated carbocycles. The summed E-state index contributed by atoms with van der Waals surface area (Å²) in [4.78, 5) is 22.7. The first-order valence-electron chi connectivity index (χ1n) is 12.9. The van der Waals surface area contributed by atoms with Crippen LogP contribution in [0.4, 0.5) is 0 Å². The van der Waals surface area contributed by atoms with Crippen LogP contribution in [0.3, 0.4) is 0 Å². The molecule has 0 heterocycles. The van der Waals surface area contributed by atoms with Crippen LogP contribution in [-0.4, -0.2) is 25.2 Å². The largest absolute Gasteiger partial charge is 0.466 e. The van der Waals surface area contributed by atoms with Crippen molar-refractivity contribution in [2.45, 2.75) is 136 Å². The summed E-state index contributed by atoms with van der Waals surface area (Å²) < 4.78 is 9.97. The van der Waals surface area contributed by atoms with E-state index in [1.54, 1.807) is 0 Å². The van der Waals surface area contributed by atoms with Crippen molar-refractivity contribution in [2.75, 3.05) is 13.2 Å². The molecule has 0 aliphatic rings. The summed E-state index contributed by atoms with van der Waals surface area (Å²) in [5, 5.41) is 0. The molecule has 1 atom stereocenters. The fraction of sp³-hybridized carbons (Fsp3) is 0.923. The van der Waals surface area contributed by atoms with E-state index in [-0.39, 0.29) is 11.9 Å². The number of unbranched alkanes of at least 4 members (excludes halogenated alkanes) is 12. The molecule has 0 aliphatic carbocycles. The molecule has 0 aromatic heterocycles. The Balaban J connectivity index is 3.30. The predicted octanol–water partition coefficient (Wildman–Crippen LogP) is 7.77. The lowest BCUT2D eigenvalue weighted by Gasteiger charge is -2.14. The van der Waals surface area contributed by atoms with E-state index in [1.165, 1.54) is 83.5 Å². The van der Waals surface area contributed by atoms with Crippen LogP contribution in [0.15, 0.2) is 0 Å². The van der Waals surface area contributed by atoms with Gasteiger partial charge in [0.05, 0.1) is 13.2 Å². The van der Waals surface area contributed by atoms with E-state index in [9.17, 15) is 9.59 Å². The van der Waals surface area contributed by atoms with Crippen molar-refractivity contribution in [1.29, 1.82) is 0 Å².